The Kier molecular flexibility index (Phi) is 6.03. The van der Waals surface area contributed by atoms with Crippen molar-refractivity contribution in [2.45, 2.75) is 13.5 Å². The number of nitrogens with one attached hydrogen (secondary N) is 1. The Hall–Kier alpha value is -4.66. The smallest absolute Gasteiger partial charge is 0.335 e. The largest absolute Gasteiger partial charge is 0.506 e. The molecule has 0 spiro atoms. The van der Waals surface area contributed by atoms with Crippen LogP contribution >= 0.6 is 0 Å². The third-order valence-corrected chi connectivity index (χ3v) is 4.86. The van der Waals surface area contributed by atoms with E-state index in [4.69, 9.17) is 9.84 Å². The zero-order valence-corrected chi connectivity index (χ0v) is 17.6. The highest BCUT2D eigenvalue weighted by Crippen LogP contribution is 2.29. The van der Waals surface area contributed by atoms with Gasteiger partial charge in [0.15, 0.2) is 5.69 Å². The standard InChI is InChI=1S/C24H20N4O5/c1-15-22(26-25-20-12-7-17(24(31)32)13-21(20)29)23(30)28(27-15)18-8-10-19(11-9-18)33-14-16-5-3-2-4-6-16/h2-13,27,29H,14H2,1H3,(H,31,32). The fourth-order valence-electron chi connectivity index (χ4n) is 3.11. The number of aromatic nitrogens is 2. The van der Waals surface area contributed by atoms with Crippen molar-refractivity contribution in [1.29, 1.82) is 0 Å². The minimum atomic E-state index is -1.17. The average Bonchev–Trinajstić information content (AvgIpc) is 3.11. The summed E-state index contributed by atoms with van der Waals surface area (Å²) in [5.41, 5.74) is 1.74. The van der Waals surface area contributed by atoms with Crippen LogP contribution in [-0.4, -0.2) is 26.0 Å². The number of phenolic OH excluding ortho intramolecular Hbond substituents is 1. The number of H-pyrrole nitrogens is 1. The highest BCUT2D eigenvalue weighted by molar-refractivity contribution is 5.88. The Balaban J connectivity index is 1.52. The van der Waals surface area contributed by atoms with Gasteiger partial charge < -0.3 is 14.9 Å². The van der Waals surface area contributed by atoms with E-state index >= 15 is 0 Å². The number of carbonyl (C=O) groups is 1. The monoisotopic (exact) mass is 444 g/mol. The summed E-state index contributed by atoms with van der Waals surface area (Å²) in [5, 5.41) is 29.8. The number of nitrogens with zero attached hydrogens (tertiary/aromatic N) is 3. The zero-order valence-electron chi connectivity index (χ0n) is 17.6. The molecule has 0 aliphatic carbocycles. The maximum Gasteiger partial charge on any atom is 0.335 e. The van der Waals surface area contributed by atoms with Gasteiger partial charge in [-0.1, -0.05) is 30.3 Å². The molecule has 0 aliphatic rings. The highest BCUT2D eigenvalue weighted by atomic mass is 16.5. The molecule has 1 aromatic heterocycles. The number of carboxylic acids is 1. The number of hydrogen-bond donors (Lipinski definition) is 3. The number of rotatable bonds is 7. The summed E-state index contributed by atoms with van der Waals surface area (Å²) < 4.78 is 7.10. The number of aromatic amines is 1. The van der Waals surface area contributed by atoms with Gasteiger partial charge in [-0.25, -0.2) is 9.48 Å². The Morgan fingerprint density at radius 1 is 1.03 bits per heavy atom. The van der Waals surface area contributed by atoms with Gasteiger partial charge in [-0.3, -0.25) is 9.89 Å². The van der Waals surface area contributed by atoms with E-state index in [-0.39, 0.29) is 22.7 Å². The number of aromatic carboxylic acids is 1. The van der Waals surface area contributed by atoms with E-state index in [1.54, 1.807) is 31.2 Å². The van der Waals surface area contributed by atoms with Gasteiger partial charge in [-0.2, -0.15) is 0 Å². The SMILES string of the molecule is Cc1[nH]n(-c2ccc(OCc3ccccc3)cc2)c(=O)c1N=Nc1ccc(C(=O)O)cc1O. The van der Waals surface area contributed by atoms with E-state index in [0.29, 0.717) is 23.7 Å². The molecular weight excluding hydrogens is 424 g/mol. The third-order valence-electron chi connectivity index (χ3n) is 4.86. The third kappa shape index (κ3) is 4.82. The molecule has 0 saturated heterocycles. The van der Waals surface area contributed by atoms with Crippen LogP contribution < -0.4 is 10.3 Å². The van der Waals surface area contributed by atoms with Crippen molar-refractivity contribution >= 4 is 17.3 Å². The molecule has 4 rings (SSSR count). The van der Waals surface area contributed by atoms with Crippen molar-refractivity contribution in [2.75, 3.05) is 0 Å². The second-order valence-electron chi connectivity index (χ2n) is 7.20. The van der Waals surface area contributed by atoms with Gasteiger partial charge in [0.2, 0.25) is 0 Å². The summed E-state index contributed by atoms with van der Waals surface area (Å²) in [6.07, 6.45) is 0. The Bertz CT molecular complexity index is 1370. The number of phenols is 1. The van der Waals surface area contributed by atoms with E-state index in [9.17, 15) is 14.7 Å². The molecule has 0 amide bonds. The van der Waals surface area contributed by atoms with Crippen molar-refractivity contribution in [3.63, 3.8) is 0 Å². The van der Waals surface area contributed by atoms with Crippen molar-refractivity contribution < 1.29 is 19.7 Å². The summed E-state index contributed by atoms with van der Waals surface area (Å²) in [6.45, 7) is 2.11. The molecule has 4 aromatic rings. The summed E-state index contributed by atoms with van der Waals surface area (Å²) in [6, 6.07) is 20.5. The average molecular weight is 444 g/mol. The molecule has 3 N–H and O–H groups in total. The summed E-state index contributed by atoms with van der Waals surface area (Å²) in [7, 11) is 0. The molecule has 3 aromatic carbocycles. The molecule has 9 nitrogen and oxygen atoms in total. The normalized spacial score (nSPS) is 11.1. The van der Waals surface area contributed by atoms with Gasteiger partial charge in [0.1, 0.15) is 23.8 Å². The van der Waals surface area contributed by atoms with Crippen molar-refractivity contribution in [3.8, 4) is 17.2 Å². The first kappa shape index (κ1) is 21.6. The maximum absolute atomic E-state index is 12.8. The molecule has 166 valence electrons. The number of carboxylic acid groups (broad SMARTS) is 1. The quantitative estimate of drug-likeness (QED) is 0.350. The topological polar surface area (TPSA) is 129 Å². The molecule has 0 fully saturated rings. The number of hydrogen-bond acceptors (Lipinski definition) is 6. The zero-order chi connectivity index (χ0) is 23.4. The van der Waals surface area contributed by atoms with Crippen LogP contribution in [0.1, 0.15) is 21.6 Å². The molecule has 0 saturated carbocycles. The number of ether oxygens (including phenoxy) is 1. The molecule has 0 radical (unpaired) electrons. The second-order valence-corrected chi connectivity index (χ2v) is 7.20. The number of aryl methyl sites for hydroxylation is 1. The van der Waals surface area contributed by atoms with E-state index in [1.165, 1.54) is 16.8 Å². The highest BCUT2D eigenvalue weighted by Gasteiger charge is 2.13. The van der Waals surface area contributed by atoms with Crippen molar-refractivity contribution in [1.82, 2.24) is 9.78 Å². The summed E-state index contributed by atoms with van der Waals surface area (Å²) in [5.74, 6) is -0.855. The van der Waals surface area contributed by atoms with E-state index < -0.39 is 11.5 Å². The first-order valence-electron chi connectivity index (χ1n) is 9.99. The van der Waals surface area contributed by atoms with E-state index in [0.717, 1.165) is 11.6 Å². The molecule has 9 heteroatoms. The Morgan fingerprint density at radius 3 is 2.42 bits per heavy atom. The van der Waals surface area contributed by atoms with Crippen LogP contribution in [0.2, 0.25) is 0 Å². The van der Waals surface area contributed by atoms with Gasteiger partial charge in [-0.15, -0.1) is 10.2 Å². The van der Waals surface area contributed by atoms with E-state index in [1.807, 2.05) is 30.3 Å². The Morgan fingerprint density at radius 2 is 1.76 bits per heavy atom. The van der Waals surface area contributed by atoms with Crippen molar-refractivity contribution in [2.24, 2.45) is 10.2 Å². The van der Waals surface area contributed by atoms with Crippen LogP contribution in [0, 0.1) is 6.92 Å². The lowest BCUT2D eigenvalue weighted by atomic mass is 10.2. The lowest BCUT2D eigenvalue weighted by Gasteiger charge is -2.07. The van der Waals surface area contributed by atoms with Crippen molar-refractivity contribution in [3.05, 3.63) is 100.0 Å². The van der Waals surface area contributed by atoms with Crippen LogP contribution in [0.4, 0.5) is 11.4 Å². The first-order valence-corrected chi connectivity index (χ1v) is 9.99. The first-order chi connectivity index (χ1) is 15.9. The molecule has 0 unspecified atom stereocenters. The minimum Gasteiger partial charge on any atom is -0.506 e. The van der Waals surface area contributed by atoms with Crippen LogP contribution in [0.3, 0.4) is 0 Å². The second kappa shape index (κ2) is 9.23. The summed E-state index contributed by atoms with van der Waals surface area (Å²) in [4.78, 5) is 23.8. The van der Waals surface area contributed by atoms with Crippen LogP contribution in [-0.2, 0) is 6.61 Å². The lowest BCUT2D eigenvalue weighted by molar-refractivity contribution is 0.0696. The molecule has 1 heterocycles. The van der Waals surface area contributed by atoms with Gasteiger partial charge in [0.25, 0.3) is 5.56 Å². The molecule has 0 aliphatic heterocycles. The maximum atomic E-state index is 12.8. The predicted octanol–water partition coefficient (Wildman–Crippen LogP) is 4.87. The molecular formula is C24H20N4O5. The van der Waals surface area contributed by atoms with Gasteiger partial charge in [0, 0.05) is 0 Å². The van der Waals surface area contributed by atoms with Crippen LogP contribution in [0.25, 0.3) is 5.69 Å². The number of azo groups is 1. The predicted molar refractivity (Wildman–Crippen MR) is 121 cm³/mol. The molecule has 33 heavy (non-hydrogen) atoms. The fraction of sp³-hybridized carbons (Fsp3) is 0.0833. The molecule has 0 atom stereocenters. The van der Waals surface area contributed by atoms with E-state index in [2.05, 4.69) is 15.3 Å². The Labute approximate surface area is 188 Å². The van der Waals surface area contributed by atoms with Crippen LogP contribution in [0.15, 0.2) is 87.8 Å². The van der Waals surface area contributed by atoms with Gasteiger partial charge in [0.05, 0.1) is 16.9 Å². The van der Waals surface area contributed by atoms with Crippen LogP contribution in [0.5, 0.6) is 11.5 Å². The van der Waals surface area contributed by atoms with Gasteiger partial charge in [-0.05, 0) is 55.0 Å². The fourth-order valence-corrected chi connectivity index (χ4v) is 3.11. The number of benzene rings is 3. The lowest BCUT2D eigenvalue weighted by Crippen LogP contribution is -2.13. The van der Waals surface area contributed by atoms with Gasteiger partial charge >= 0.3 is 5.97 Å². The molecule has 0 bridgehead atoms. The number of aromatic hydroxyl groups is 1. The summed E-state index contributed by atoms with van der Waals surface area (Å²) >= 11 is 0. The minimum absolute atomic E-state index is 0.0477.